The van der Waals surface area contributed by atoms with E-state index in [-0.39, 0.29) is 12.1 Å². The van der Waals surface area contributed by atoms with Crippen molar-refractivity contribution in [2.45, 2.75) is 6.10 Å². The summed E-state index contributed by atoms with van der Waals surface area (Å²) in [6.45, 7) is -0.0401. The van der Waals surface area contributed by atoms with Crippen molar-refractivity contribution < 1.29 is 13.9 Å². The number of nitrogens with one attached hydrogen (secondary N) is 1. The molecule has 0 saturated carbocycles. The number of hydrogen-bond acceptors (Lipinski definition) is 2. The van der Waals surface area contributed by atoms with Gasteiger partial charge in [-0.25, -0.2) is 8.78 Å². The van der Waals surface area contributed by atoms with Crippen LogP contribution in [0.2, 0.25) is 5.02 Å². The smallest absolute Gasteiger partial charge is 0.132 e. The quantitative estimate of drug-likeness (QED) is 0.895. The average Bonchev–Trinajstić information content (AvgIpc) is 2.37. The van der Waals surface area contributed by atoms with Crippen LogP contribution in [0.5, 0.6) is 0 Å². The summed E-state index contributed by atoms with van der Waals surface area (Å²) in [7, 11) is 0. The Morgan fingerprint density at radius 2 is 1.68 bits per heavy atom. The second kappa shape index (κ2) is 5.99. The summed E-state index contributed by atoms with van der Waals surface area (Å²) in [5, 5.41) is 13.2. The first kappa shape index (κ1) is 13.8. The predicted molar refractivity (Wildman–Crippen MR) is 71.3 cm³/mol. The number of hydrogen-bond donors (Lipinski definition) is 2. The summed E-state index contributed by atoms with van der Waals surface area (Å²) < 4.78 is 26.9. The van der Waals surface area contributed by atoms with Gasteiger partial charge in [0.15, 0.2) is 0 Å². The highest BCUT2D eigenvalue weighted by atomic mass is 35.5. The number of aliphatic hydroxyl groups excluding tert-OH is 1. The SMILES string of the molecule is OC(CNc1ccccc1Cl)c1c(F)cccc1F. The molecule has 0 amide bonds. The van der Waals surface area contributed by atoms with Crippen LogP contribution < -0.4 is 5.32 Å². The third kappa shape index (κ3) is 3.22. The van der Waals surface area contributed by atoms with Gasteiger partial charge < -0.3 is 10.4 Å². The van der Waals surface area contributed by atoms with Crippen LogP contribution in [-0.4, -0.2) is 11.7 Å². The van der Waals surface area contributed by atoms with Gasteiger partial charge >= 0.3 is 0 Å². The van der Waals surface area contributed by atoms with Gasteiger partial charge in [0.1, 0.15) is 17.7 Å². The predicted octanol–water partition coefficient (Wildman–Crippen LogP) is 3.76. The van der Waals surface area contributed by atoms with E-state index in [9.17, 15) is 13.9 Å². The molecule has 0 fully saturated rings. The summed E-state index contributed by atoms with van der Waals surface area (Å²) in [5.41, 5.74) is 0.252. The van der Waals surface area contributed by atoms with Crippen molar-refractivity contribution in [2.75, 3.05) is 11.9 Å². The van der Waals surface area contributed by atoms with Crippen molar-refractivity contribution in [3.63, 3.8) is 0 Å². The van der Waals surface area contributed by atoms with Gasteiger partial charge in [-0.1, -0.05) is 29.8 Å². The Hall–Kier alpha value is -1.65. The van der Waals surface area contributed by atoms with Crippen LogP contribution in [0.3, 0.4) is 0 Å². The van der Waals surface area contributed by atoms with Crippen LogP contribution in [-0.2, 0) is 0 Å². The highest BCUT2D eigenvalue weighted by molar-refractivity contribution is 6.33. The zero-order valence-electron chi connectivity index (χ0n) is 9.91. The first-order valence-corrected chi connectivity index (χ1v) is 6.07. The molecule has 2 aromatic carbocycles. The van der Waals surface area contributed by atoms with Gasteiger partial charge in [-0.05, 0) is 24.3 Å². The molecule has 5 heteroatoms. The molecule has 100 valence electrons. The fourth-order valence-corrected chi connectivity index (χ4v) is 1.94. The highest BCUT2D eigenvalue weighted by Crippen LogP contribution is 2.24. The average molecular weight is 284 g/mol. The fraction of sp³-hybridized carbons (Fsp3) is 0.143. The molecule has 19 heavy (non-hydrogen) atoms. The maximum atomic E-state index is 13.5. The summed E-state index contributed by atoms with van der Waals surface area (Å²) in [5.74, 6) is -1.54. The lowest BCUT2D eigenvalue weighted by molar-refractivity contribution is 0.181. The molecular formula is C14H12ClF2NO. The van der Waals surface area contributed by atoms with Crippen LogP contribution in [0.25, 0.3) is 0 Å². The van der Waals surface area contributed by atoms with E-state index in [1.807, 2.05) is 0 Å². The van der Waals surface area contributed by atoms with Crippen molar-refractivity contribution in [3.05, 3.63) is 64.7 Å². The van der Waals surface area contributed by atoms with Gasteiger partial charge in [0.2, 0.25) is 0 Å². The van der Waals surface area contributed by atoms with Crippen molar-refractivity contribution in [1.82, 2.24) is 0 Å². The van der Waals surface area contributed by atoms with E-state index in [1.165, 1.54) is 6.07 Å². The van der Waals surface area contributed by atoms with Crippen LogP contribution in [0, 0.1) is 11.6 Å². The molecule has 2 rings (SSSR count). The lowest BCUT2D eigenvalue weighted by Crippen LogP contribution is -2.15. The maximum absolute atomic E-state index is 13.5. The Bertz CT molecular complexity index is 557. The zero-order valence-corrected chi connectivity index (χ0v) is 10.7. The third-order valence-electron chi connectivity index (χ3n) is 2.69. The molecule has 0 saturated heterocycles. The van der Waals surface area contributed by atoms with Crippen molar-refractivity contribution in [3.8, 4) is 0 Å². The summed E-state index contributed by atoms with van der Waals surface area (Å²) in [6.07, 6.45) is -1.29. The minimum Gasteiger partial charge on any atom is -0.386 e. The largest absolute Gasteiger partial charge is 0.386 e. The molecule has 0 radical (unpaired) electrons. The number of halogens is 3. The van der Waals surface area contributed by atoms with E-state index in [0.29, 0.717) is 10.7 Å². The van der Waals surface area contributed by atoms with E-state index in [1.54, 1.807) is 24.3 Å². The van der Waals surface area contributed by atoms with Gasteiger partial charge in [0.05, 0.1) is 16.3 Å². The molecular weight excluding hydrogens is 272 g/mol. The third-order valence-corrected chi connectivity index (χ3v) is 3.02. The van der Waals surface area contributed by atoms with Crippen molar-refractivity contribution >= 4 is 17.3 Å². The Morgan fingerprint density at radius 1 is 1.05 bits per heavy atom. The summed E-state index contributed by atoms with van der Waals surface area (Å²) in [6, 6.07) is 10.4. The van der Waals surface area contributed by atoms with E-state index in [0.717, 1.165) is 12.1 Å². The topological polar surface area (TPSA) is 32.3 Å². The van der Waals surface area contributed by atoms with Gasteiger partial charge in [0, 0.05) is 6.54 Å². The number of benzene rings is 2. The standard InChI is InChI=1S/C14H12ClF2NO/c15-9-4-1-2-7-12(9)18-8-13(19)14-10(16)5-3-6-11(14)17/h1-7,13,18-19H,8H2. The Kier molecular flexibility index (Phi) is 4.35. The molecule has 0 aromatic heterocycles. The fourth-order valence-electron chi connectivity index (χ4n) is 1.74. The van der Waals surface area contributed by atoms with Gasteiger partial charge in [-0.15, -0.1) is 0 Å². The maximum Gasteiger partial charge on any atom is 0.132 e. The van der Waals surface area contributed by atoms with Gasteiger partial charge in [-0.3, -0.25) is 0 Å². The molecule has 0 heterocycles. The Morgan fingerprint density at radius 3 is 2.32 bits per heavy atom. The van der Waals surface area contributed by atoms with Crippen LogP contribution >= 0.6 is 11.6 Å². The zero-order chi connectivity index (χ0) is 13.8. The molecule has 1 atom stereocenters. The first-order chi connectivity index (χ1) is 9.09. The van der Waals surface area contributed by atoms with Gasteiger partial charge in [-0.2, -0.15) is 0 Å². The van der Waals surface area contributed by atoms with E-state index in [4.69, 9.17) is 11.6 Å². The van der Waals surface area contributed by atoms with E-state index >= 15 is 0 Å². The second-order valence-corrected chi connectivity index (χ2v) is 4.42. The molecule has 2 nitrogen and oxygen atoms in total. The van der Waals surface area contributed by atoms with E-state index in [2.05, 4.69) is 5.32 Å². The van der Waals surface area contributed by atoms with Crippen molar-refractivity contribution in [1.29, 1.82) is 0 Å². The van der Waals surface area contributed by atoms with Crippen LogP contribution in [0.1, 0.15) is 11.7 Å². The monoisotopic (exact) mass is 283 g/mol. The Labute approximate surface area is 114 Å². The minimum absolute atomic E-state index is 0.0401. The van der Waals surface area contributed by atoms with Crippen molar-refractivity contribution in [2.24, 2.45) is 0 Å². The molecule has 0 aliphatic heterocycles. The molecule has 0 bridgehead atoms. The molecule has 0 aliphatic carbocycles. The summed E-state index contributed by atoms with van der Waals surface area (Å²) in [4.78, 5) is 0. The van der Waals surface area contributed by atoms with Crippen LogP contribution in [0.15, 0.2) is 42.5 Å². The molecule has 2 N–H and O–H groups in total. The molecule has 2 aromatic rings. The number of rotatable bonds is 4. The lowest BCUT2D eigenvalue weighted by Gasteiger charge is -2.15. The first-order valence-electron chi connectivity index (χ1n) is 5.70. The Balaban J connectivity index is 2.10. The van der Waals surface area contributed by atoms with E-state index < -0.39 is 17.7 Å². The number of anilines is 1. The summed E-state index contributed by atoms with van der Waals surface area (Å²) >= 11 is 5.92. The highest BCUT2D eigenvalue weighted by Gasteiger charge is 2.17. The lowest BCUT2D eigenvalue weighted by atomic mass is 10.1. The number of para-hydroxylation sites is 1. The minimum atomic E-state index is -1.29. The molecule has 0 aliphatic rings. The normalized spacial score (nSPS) is 12.2. The number of aliphatic hydroxyl groups is 1. The molecule has 1 unspecified atom stereocenters. The van der Waals surface area contributed by atoms with Crippen LogP contribution in [0.4, 0.5) is 14.5 Å². The second-order valence-electron chi connectivity index (χ2n) is 4.01. The van der Waals surface area contributed by atoms with Gasteiger partial charge in [0.25, 0.3) is 0 Å². The molecule has 0 spiro atoms.